The van der Waals surface area contributed by atoms with E-state index in [0.717, 1.165) is 30.5 Å². The molecule has 124 valence electrons. The summed E-state index contributed by atoms with van der Waals surface area (Å²) in [5.74, 6) is -0.512. The summed E-state index contributed by atoms with van der Waals surface area (Å²) in [6, 6.07) is 7.52. The van der Waals surface area contributed by atoms with E-state index < -0.39 is 0 Å². The van der Waals surface area contributed by atoms with Crippen LogP contribution in [0.2, 0.25) is 0 Å². The maximum Gasteiger partial charge on any atom is 0.281 e. The normalized spacial score (nSPS) is 15.0. The van der Waals surface area contributed by atoms with Crippen LogP contribution in [0.3, 0.4) is 0 Å². The summed E-state index contributed by atoms with van der Waals surface area (Å²) in [4.78, 5) is 29.8. The average molecular weight is 319 g/mol. The molecule has 2 amide bonds. The van der Waals surface area contributed by atoms with Gasteiger partial charge in [-0.05, 0) is 18.9 Å². The van der Waals surface area contributed by atoms with Crippen LogP contribution in [-0.2, 0) is 14.4 Å². The van der Waals surface area contributed by atoms with Crippen LogP contribution in [0.1, 0.15) is 37.7 Å². The Balaban J connectivity index is 1.87. The van der Waals surface area contributed by atoms with Gasteiger partial charge >= 0.3 is 0 Å². The molecule has 1 aliphatic rings. The number of para-hydroxylation sites is 1. The summed E-state index contributed by atoms with van der Waals surface area (Å²) in [6.07, 6.45) is 3.64. The standard InChI is InChI=1S/C16H21N3O4/c1-23-18-15-12-8-5-6-9-13(12)19(16(15)21)11-7-3-2-4-10-14(20)17-22/h5-6,8-9,22H,2-4,7,10-11H2,1H3,(H,17,20)/b18-15+. The van der Waals surface area contributed by atoms with Crippen LogP contribution in [-0.4, -0.2) is 36.4 Å². The van der Waals surface area contributed by atoms with Crippen molar-refractivity contribution in [3.05, 3.63) is 29.8 Å². The minimum absolute atomic E-state index is 0.146. The molecule has 0 aliphatic carbocycles. The van der Waals surface area contributed by atoms with Gasteiger partial charge < -0.3 is 9.74 Å². The number of hydrogen-bond acceptors (Lipinski definition) is 5. The van der Waals surface area contributed by atoms with Crippen molar-refractivity contribution in [2.75, 3.05) is 18.6 Å². The van der Waals surface area contributed by atoms with Crippen molar-refractivity contribution in [1.82, 2.24) is 5.48 Å². The monoisotopic (exact) mass is 319 g/mol. The van der Waals surface area contributed by atoms with Gasteiger partial charge in [0.05, 0.1) is 5.69 Å². The van der Waals surface area contributed by atoms with Crippen LogP contribution in [0.5, 0.6) is 0 Å². The van der Waals surface area contributed by atoms with Crippen LogP contribution in [0.15, 0.2) is 29.4 Å². The number of carbonyl (C=O) groups is 2. The highest BCUT2D eigenvalue weighted by molar-refractivity contribution is 6.54. The van der Waals surface area contributed by atoms with Crippen molar-refractivity contribution in [2.24, 2.45) is 5.16 Å². The third-order valence-electron chi connectivity index (χ3n) is 3.74. The Morgan fingerprint density at radius 3 is 2.74 bits per heavy atom. The zero-order valence-corrected chi connectivity index (χ0v) is 13.1. The van der Waals surface area contributed by atoms with Crippen LogP contribution in [0.25, 0.3) is 0 Å². The van der Waals surface area contributed by atoms with E-state index in [1.807, 2.05) is 24.3 Å². The van der Waals surface area contributed by atoms with Crippen molar-refractivity contribution >= 4 is 23.2 Å². The molecule has 0 radical (unpaired) electrons. The van der Waals surface area contributed by atoms with Gasteiger partial charge in [-0.1, -0.05) is 36.2 Å². The first-order valence-electron chi connectivity index (χ1n) is 7.64. The molecule has 2 rings (SSSR count). The summed E-state index contributed by atoms with van der Waals surface area (Å²) < 4.78 is 0. The zero-order chi connectivity index (χ0) is 16.7. The number of anilines is 1. The number of carbonyl (C=O) groups excluding carboxylic acids is 2. The number of benzene rings is 1. The summed E-state index contributed by atoms with van der Waals surface area (Å²) in [5.41, 5.74) is 3.60. The predicted molar refractivity (Wildman–Crippen MR) is 85.4 cm³/mol. The van der Waals surface area contributed by atoms with Crippen molar-refractivity contribution in [1.29, 1.82) is 0 Å². The second kappa shape index (κ2) is 8.28. The minimum atomic E-state index is -0.367. The number of oxime groups is 1. The Bertz CT molecular complexity index is 601. The number of hydrogen-bond donors (Lipinski definition) is 2. The third kappa shape index (κ3) is 4.07. The lowest BCUT2D eigenvalue weighted by Gasteiger charge is -2.16. The molecule has 0 bridgehead atoms. The van der Waals surface area contributed by atoms with E-state index in [4.69, 9.17) is 10.0 Å². The number of hydroxylamine groups is 1. The van der Waals surface area contributed by atoms with Crippen molar-refractivity contribution in [2.45, 2.75) is 32.1 Å². The van der Waals surface area contributed by atoms with E-state index in [-0.39, 0.29) is 11.8 Å². The number of nitrogens with zero attached hydrogens (tertiary/aromatic N) is 2. The molecule has 1 aromatic carbocycles. The second-order valence-electron chi connectivity index (χ2n) is 5.30. The molecule has 2 N–H and O–H groups in total. The molecule has 1 heterocycles. The highest BCUT2D eigenvalue weighted by atomic mass is 16.6. The van der Waals surface area contributed by atoms with E-state index in [9.17, 15) is 9.59 Å². The number of amides is 2. The van der Waals surface area contributed by atoms with Gasteiger partial charge in [-0.25, -0.2) is 5.48 Å². The Morgan fingerprint density at radius 1 is 1.26 bits per heavy atom. The van der Waals surface area contributed by atoms with Crippen LogP contribution in [0.4, 0.5) is 5.69 Å². The molecule has 1 aromatic rings. The highest BCUT2D eigenvalue weighted by Gasteiger charge is 2.33. The predicted octanol–water partition coefficient (Wildman–Crippen LogP) is 1.84. The molecular formula is C16H21N3O4. The van der Waals surface area contributed by atoms with Gasteiger partial charge in [0.25, 0.3) is 5.91 Å². The third-order valence-corrected chi connectivity index (χ3v) is 3.74. The fraction of sp³-hybridized carbons (Fsp3) is 0.438. The first-order chi connectivity index (χ1) is 11.2. The molecule has 23 heavy (non-hydrogen) atoms. The molecule has 0 atom stereocenters. The Labute approximate surface area is 134 Å². The average Bonchev–Trinajstić information content (AvgIpc) is 2.83. The molecule has 0 fully saturated rings. The number of unbranched alkanes of at least 4 members (excludes halogenated alkanes) is 3. The Kier molecular flexibility index (Phi) is 6.10. The fourth-order valence-electron chi connectivity index (χ4n) is 2.63. The summed E-state index contributed by atoms with van der Waals surface area (Å²) >= 11 is 0. The maximum absolute atomic E-state index is 12.4. The van der Waals surface area contributed by atoms with Gasteiger partial charge in [0, 0.05) is 18.5 Å². The largest absolute Gasteiger partial charge is 0.398 e. The van der Waals surface area contributed by atoms with Gasteiger partial charge in [-0.2, -0.15) is 0 Å². The molecule has 0 unspecified atom stereocenters. The molecule has 0 spiro atoms. The van der Waals surface area contributed by atoms with Gasteiger partial charge in [-0.15, -0.1) is 0 Å². The van der Waals surface area contributed by atoms with Gasteiger partial charge in [0.1, 0.15) is 7.11 Å². The van der Waals surface area contributed by atoms with E-state index in [1.165, 1.54) is 7.11 Å². The van der Waals surface area contributed by atoms with Crippen molar-refractivity contribution in [3.8, 4) is 0 Å². The van der Waals surface area contributed by atoms with Crippen LogP contribution in [0, 0.1) is 0 Å². The zero-order valence-electron chi connectivity index (χ0n) is 13.1. The lowest BCUT2D eigenvalue weighted by molar-refractivity contribution is -0.129. The summed E-state index contributed by atoms with van der Waals surface area (Å²) in [7, 11) is 1.42. The second-order valence-corrected chi connectivity index (χ2v) is 5.30. The number of fused-ring (bicyclic) bond motifs is 1. The molecule has 0 saturated carbocycles. The Morgan fingerprint density at radius 2 is 2.00 bits per heavy atom. The van der Waals surface area contributed by atoms with E-state index in [2.05, 4.69) is 5.16 Å². The molecule has 1 aliphatic heterocycles. The maximum atomic E-state index is 12.4. The van der Waals surface area contributed by atoms with Crippen LogP contribution >= 0.6 is 0 Å². The lowest BCUT2D eigenvalue weighted by Crippen LogP contribution is -2.31. The first-order valence-corrected chi connectivity index (χ1v) is 7.64. The van der Waals surface area contributed by atoms with E-state index in [1.54, 1.807) is 10.4 Å². The molecular weight excluding hydrogens is 298 g/mol. The first kappa shape index (κ1) is 17.0. The van der Waals surface area contributed by atoms with Crippen molar-refractivity contribution in [3.63, 3.8) is 0 Å². The molecule has 0 saturated heterocycles. The summed E-state index contributed by atoms with van der Waals surface area (Å²) in [6.45, 7) is 0.602. The fourth-order valence-corrected chi connectivity index (χ4v) is 2.63. The van der Waals surface area contributed by atoms with E-state index in [0.29, 0.717) is 25.1 Å². The van der Waals surface area contributed by atoms with Crippen molar-refractivity contribution < 1.29 is 19.6 Å². The van der Waals surface area contributed by atoms with Crippen LogP contribution < -0.4 is 10.4 Å². The van der Waals surface area contributed by atoms with E-state index >= 15 is 0 Å². The number of rotatable bonds is 8. The smallest absolute Gasteiger partial charge is 0.281 e. The topological polar surface area (TPSA) is 91.2 Å². The quantitative estimate of drug-likeness (QED) is 0.434. The lowest BCUT2D eigenvalue weighted by atomic mass is 10.1. The molecule has 7 heteroatoms. The number of nitrogens with one attached hydrogen (secondary N) is 1. The summed E-state index contributed by atoms with van der Waals surface area (Å²) in [5, 5.41) is 12.2. The SMILES string of the molecule is CO/N=C1/C(=O)N(CCCCCCC(=O)NO)c2ccccc21. The Hall–Kier alpha value is -2.41. The van der Waals surface area contributed by atoms with Gasteiger partial charge in [0.15, 0.2) is 5.71 Å². The molecule has 0 aromatic heterocycles. The molecule has 7 nitrogen and oxygen atoms in total. The van der Waals surface area contributed by atoms with Gasteiger partial charge in [-0.3, -0.25) is 14.8 Å². The van der Waals surface area contributed by atoms with Gasteiger partial charge in [0.2, 0.25) is 5.91 Å². The minimum Gasteiger partial charge on any atom is -0.398 e. The highest BCUT2D eigenvalue weighted by Crippen LogP contribution is 2.29.